The van der Waals surface area contributed by atoms with Crippen molar-refractivity contribution in [3.63, 3.8) is 0 Å². The topological polar surface area (TPSA) is 35.5 Å². The zero-order chi connectivity index (χ0) is 13.7. The Balaban J connectivity index is 1.81. The van der Waals surface area contributed by atoms with Gasteiger partial charge in [0.25, 0.3) is 0 Å². The Kier molecular flexibility index (Phi) is 6.11. The van der Waals surface area contributed by atoms with Crippen molar-refractivity contribution >= 4 is 0 Å². The number of nitrogens with one attached hydrogen (secondary N) is 1. The van der Waals surface area contributed by atoms with Gasteiger partial charge < -0.3 is 15.3 Å². The summed E-state index contributed by atoms with van der Waals surface area (Å²) in [4.78, 5) is 2.65. The molecule has 3 heteroatoms. The summed E-state index contributed by atoms with van der Waals surface area (Å²) in [5.41, 5.74) is 0. The molecule has 0 aromatic rings. The van der Waals surface area contributed by atoms with E-state index in [2.05, 4.69) is 24.1 Å². The SMILES string of the molecule is CCNC1CCC(C)CC1CN1CCC(CCO)C1. The van der Waals surface area contributed by atoms with Crippen LogP contribution in [0.4, 0.5) is 0 Å². The van der Waals surface area contributed by atoms with Crippen LogP contribution in [0.5, 0.6) is 0 Å². The lowest BCUT2D eigenvalue weighted by atomic mass is 9.78. The van der Waals surface area contributed by atoms with Gasteiger partial charge in [-0.25, -0.2) is 0 Å². The molecule has 4 atom stereocenters. The Hall–Kier alpha value is -0.120. The van der Waals surface area contributed by atoms with Crippen LogP contribution in [0.25, 0.3) is 0 Å². The second-order valence-electron chi connectivity index (χ2n) is 6.77. The molecule has 0 amide bonds. The van der Waals surface area contributed by atoms with Crippen LogP contribution in [0.1, 0.15) is 46.0 Å². The molecular weight excluding hydrogens is 236 g/mol. The van der Waals surface area contributed by atoms with Gasteiger partial charge in [-0.1, -0.05) is 13.8 Å². The first-order valence-corrected chi connectivity index (χ1v) is 8.29. The third kappa shape index (κ3) is 4.44. The van der Waals surface area contributed by atoms with Gasteiger partial charge >= 0.3 is 0 Å². The molecule has 112 valence electrons. The van der Waals surface area contributed by atoms with Gasteiger partial charge in [0.15, 0.2) is 0 Å². The van der Waals surface area contributed by atoms with Crippen molar-refractivity contribution in [2.24, 2.45) is 17.8 Å². The number of likely N-dealkylation sites (tertiary alicyclic amines) is 1. The van der Waals surface area contributed by atoms with E-state index in [1.807, 2.05) is 0 Å². The molecule has 1 aliphatic heterocycles. The third-order valence-electron chi connectivity index (χ3n) is 5.11. The second kappa shape index (κ2) is 7.61. The molecule has 2 N–H and O–H groups in total. The van der Waals surface area contributed by atoms with Crippen LogP contribution in [0, 0.1) is 17.8 Å². The minimum atomic E-state index is 0.360. The quantitative estimate of drug-likeness (QED) is 0.774. The van der Waals surface area contributed by atoms with Crippen molar-refractivity contribution in [2.45, 2.75) is 52.0 Å². The van der Waals surface area contributed by atoms with Gasteiger partial charge in [0.2, 0.25) is 0 Å². The number of hydrogen-bond acceptors (Lipinski definition) is 3. The second-order valence-corrected chi connectivity index (χ2v) is 6.77. The maximum absolute atomic E-state index is 9.05. The van der Waals surface area contributed by atoms with E-state index in [9.17, 15) is 0 Å². The van der Waals surface area contributed by atoms with Crippen LogP contribution in [0.15, 0.2) is 0 Å². The molecule has 1 heterocycles. The molecule has 0 aromatic carbocycles. The van der Waals surface area contributed by atoms with E-state index in [-0.39, 0.29) is 0 Å². The van der Waals surface area contributed by atoms with Crippen molar-refractivity contribution in [1.29, 1.82) is 0 Å². The lowest BCUT2D eigenvalue weighted by Gasteiger charge is -2.37. The Labute approximate surface area is 118 Å². The first-order valence-electron chi connectivity index (χ1n) is 8.29. The molecule has 0 aromatic heterocycles. The maximum atomic E-state index is 9.05. The standard InChI is InChI=1S/C16H32N2O/c1-3-17-16-5-4-13(2)10-15(16)12-18-8-6-14(11-18)7-9-19/h13-17,19H,3-12H2,1-2H3. The predicted octanol–water partition coefficient (Wildman–Crippen LogP) is 2.11. The Bertz CT molecular complexity index is 259. The maximum Gasteiger partial charge on any atom is 0.0434 e. The van der Waals surface area contributed by atoms with Crippen molar-refractivity contribution in [2.75, 3.05) is 32.8 Å². The smallest absolute Gasteiger partial charge is 0.0434 e. The monoisotopic (exact) mass is 268 g/mol. The number of nitrogens with zero attached hydrogens (tertiary/aromatic N) is 1. The van der Waals surface area contributed by atoms with Crippen LogP contribution in [-0.4, -0.2) is 48.8 Å². The fraction of sp³-hybridized carbons (Fsp3) is 1.00. The number of hydrogen-bond donors (Lipinski definition) is 2. The highest BCUT2D eigenvalue weighted by Crippen LogP contribution is 2.31. The molecule has 2 rings (SSSR count). The highest BCUT2D eigenvalue weighted by molar-refractivity contribution is 4.87. The minimum Gasteiger partial charge on any atom is -0.396 e. The van der Waals surface area contributed by atoms with Gasteiger partial charge in [0, 0.05) is 25.7 Å². The summed E-state index contributed by atoms with van der Waals surface area (Å²) < 4.78 is 0. The largest absolute Gasteiger partial charge is 0.396 e. The summed E-state index contributed by atoms with van der Waals surface area (Å²) in [6.07, 6.45) is 6.41. The summed E-state index contributed by atoms with van der Waals surface area (Å²) in [5.74, 6) is 2.47. The summed E-state index contributed by atoms with van der Waals surface area (Å²) in [7, 11) is 0. The highest BCUT2D eigenvalue weighted by atomic mass is 16.3. The molecule has 1 saturated carbocycles. The van der Waals surface area contributed by atoms with E-state index >= 15 is 0 Å². The van der Waals surface area contributed by atoms with E-state index in [1.54, 1.807) is 0 Å². The van der Waals surface area contributed by atoms with Gasteiger partial charge in [0.1, 0.15) is 0 Å². The van der Waals surface area contributed by atoms with Gasteiger partial charge in [0.05, 0.1) is 0 Å². The number of aliphatic hydroxyl groups excluding tert-OH is 1. The van der Waals surface area contributed by atoms with E-state index < -0.39 is 0 Å². The fourth-order valence-corrected chi connectivity index (χ4v) is 4.06. The summed E-state index contributed by atoms with van der Waals surface area (Å²) >= 11 is 0. The van der Waals surface area contributed by atoms with Gasteiger partial charge in [-0.3, -0.25) is 0 Å². The Morgan fingerprint density at radius 3 is 2.84 bits per heavy atom. The lowest BCUT2D eigenvalue weighted by molar-refractivity contribution is 0.157. The molecule has 2 fully saturated rings. The molecule has 0 bridgehead atoms. The van der Waals surface area contributed by atoms with E-state index in [1.165, 1.54) is 45.3 Å². The Morgan fingerprint density at radius 2 is 2.11 bits per heavy atom. The molecule has 1 saturated heterocycles. The van der Waals surface area contributed by atoms with Crippen molar-refractivity contribution in [1.82, 2.24) is 10.2 Å². The molecule has 0 spiro atoms. The number of rotatable bonds is 6. The van der Waals surface area contributed by atoms with Crippen molar-refractivity contribution in [3.8, 4) is 0 Å². The van der Waals surface area contributed by atoms with E-state index in [0.29, 0.717) is 6.61 Å². The van der Waals surface area contributed by atoms with Gasteiger partial charge in [-0.05, 0) is 62.9 Å². The molecule has 1 aliphatic carbocycles. The van der Waals surface area contributed by atoms with Crippen LogP contribution in [0.2, 0.25) is 0 Å². The van der Waals surface area contributed by atoms with Crippen molar-refractivity contribution in [3.05, 3.63) is 0 Å². The van der Waals surface area contributed by atoms with Crippen molar-refractivity contribution < 1.29 is 5.11 Å². The normalized spacial score (nSPS) is 36.8. The average Bonchev–Trinajstić information content (AvgIpc) is 2.81. The molecule has 3 nitrogen and oxygen atoms in total. The zero-order valence-electron chi connectivity index (χ0n) is 12.8. The van der Waals surface area contributed by atoms with Crippen LogP contribution < -0.4 is 5.32 Å². The van der Waals surface area contributed by atoms with Crippen LogP contribution in [-0.2, 0) is 0 Å². The highest BCUT2D eigenvalue weighted by Gasteiger charge is 2.31. The summed E-state index contributed by atoms with van der Waals surface area (Å²) in [6.45, 7) is 9.82. The van der Waals surface area contributed by atoms with Crippen LogP contribution >= 0.6 is 0 Å². The molecular formula is C16H32N2O. The third-order valence-corrected chi connectivity index (χ3v) is 5.11. The zero-order valence-corrected chi connectivity index (χ0v) is 12.8. The van der Waals surface area contributed by atoms with Crippen LogP contribution in [0.3, 0.4) is 0 Å². The Morgan fingerprint density at radius 1 is 1.26 bits per heavy atom. The summed E-state index contributed by atoms with van der Waals surface area (Å²) in [6, 6.07) is 0.734. The summed E-state index contributed by atoms with van der Waals surface area (Å²) in [5, 5.41) is 12.8. The predicted molar refractivity (Wildman–Crippen MR) is 80.2 cm³/mol. The van der Waals surface area contributed by atoms with E-state index in [0.717, 1.165) is 36.8 Å². The first kappa shape index (κ1) is 15.3. The molecule has 2 aliphatic rings. The van der Waals surface area contributed by atoms with Gasteiger partial charge in [-0.15, -0.1) is 0 Å². The molecule has 19 heavy (non-hydrogen) atoms. The first-order chi connectivity index (χ1) is 9.22. The molecule has 4 unspecified atom stereocenters. The lowest BCUT2D eigenvalue weighted by Crippen LogP contribution is -2.45. The molecule has 0 radical (unpaired) electrons. The fourth-order valence-electron chi connectivity index (χ4n) is 4.06. The van der Waals surface area contributed by atoms with E-state index in [4.69, 9.17) is 5.11 Å². The number of aliphatic hydroxyl groups is 1. The van der Waals surface area contributed by atoms with Gasteiger partial charge in [-0.2, -0.15) is 0 Å². The average molecular weight is 268 g/mol. The minimum absolute atomic E-state index is 0.360.